The zero-order chi connectivity index (χ0) is 45.9. The van der Waals surface area contributed by atoms with Crippen LogP contribution in [0.3, 0.4) is 0 Å². The number of hydrogen-bond donors (Lipinski definition) is 3. The van der Waals surface area contributed by atoms with Crippen molar-refractivity contribution < 1.29 is 32.8 Å². The van der Waals surface area contributed by atoms with Crippen LogP contribution in [-0.4, -0.2) is 94.9 Å². The van der Waals surface area contributed by atoms with Gasteiger partial charge in [-0.25, -0.2) is 9.65 Å². The molecule has 3 aromatic carbocycles. The van der Waals surface area contributed by atoms with Gasteiger partial charge in [0.25, 0.3) is 14.1 Å². The molecule has 0 radical (unpaired) electrons. The molecule has 17 heteroatoms. The van der Waals surface area contributed by atoms with Crippen molar-refractivity contribution in [2.24, 2.45) is 0 Å². The molecule has 0 saturated carbocycles. The van der Waals surface area contributed by atoms with Crippen LogP contribution in [0, 0.1) is 11.3 Å². The zero-order valence-electron chi connectivity index (χ0n) is 38.1. The highest BCUT2D eigenvalue weighted by molar-refractivity contribution is 7.44. The molecule has 15 nitrogen and oxygen atoms in total. The van der Waals surface area contributed by atoms with Crippen molar-refractivity contribution in [3.63, 3.8) is 0 Å². The number of fused-ring (bicyclic) bond motifs is 1. The van der Waals surface area contributed by atoms with Crippen molar-refractivity contribution in [2.45, 2.75) is 121 Å². The quantitative estimate of drug-likeness (QED) is 0.0331. The normalized spacial score (nSPS) is 19.5. The van der Waals surface area contributed by atoms with E-state index in [-0.39, 0.29) is 47.3 Å². The van der Waals surface area contributed by atoms with E-state index in [0.717, 1.165) is 16.7 Å². The van der Waals surface area contributed by atoms with Gasteiger partial charge < -0.3 is 38.5 Å². The Hall–Kier alpha value is -4.69. The summed E-state index contributed by atoms with van der Waals surface area (Å²) in [6, 6.07) is 27.2. The molecule has 4 N–H and O–H groups in total. The van der Waals surface area contributed by atoms with Gasteiger partial charge in [0.1, 0.15) is 35.9 Å². The second-order valence-electron chi connectivity index (χ2n) is 17.8. The van der Waals surface area contributed by atoms with E-state index in [1.807, 2.05) is 78.9 Å². The molecule has 6 atom stereocenters. The van der Waals surface area contributed by atoms with Crippen molar-refractivity contribution in [2.75, 3.05) is 26.6 Å². The average molecular weight is 900 g/mol. The summed E-state index contributed by atoms with van der Waals surface area (Å²) >= 11 is 0. The molecule has 0 amide bonds. The molecule has 1 fully saturated rings. The molecular weight excluding hydrogens is 838 g/mol. The van der Waals surface area contributed by atoms with Crippen LogP contribution in [0.4, 0.5) is 5.95 Å². The summed E-state index contributed by atoms with van der Waals surface area (Å²) in [7, 11) is -1.45. The number of anilines is 1. The van der Waals surface area contributed by atoms with E-state index in [0.29, 0.717) is 11.5 Å². The third-order valence-corrected chi connectivity index (χ3v) is 18.7. The maximum absolute atomic E-state index is 13.9. The fourth-order valence-corrected chi connectivity index (χ4v) is 11.1. The number of nitrogens with one attached hydrogen (secondary N) is 1. The monoisotopic (exact) mass is 899 g/mol. The molecule has 6 rings (SSSR count). The Morgan fingerprint density at radius 3 is 2.00 bits per heavy atom. The van der Waals surface area contributed by atoms with Crippen LogP contribution in [0.5, 0.6) is 11.5 Å². The fourth-order valence-electron chi connectivity index (χ4n) is 8.10. The molecule has 1 saturated heterocycles. The maximum Gasteiger partial charge on any atom is 0.280 e. The largest absolute Gasteiger partial charge is 0.497 e. The lowest BCUT2D eigenvalue weighted by Gasteiger charge is -2.45. The number of hydrogen-bond acceptors (Lipinski definition) is 13. The summed E-state index contributed by atoms with van der Waals surface area (Å²) in [6.45, 7) is 19.1. The minimum atomic E-state index is -2.74. The highest BCUT2D eigenvalue weighted by atomic mass is 31.2. The minimum absolute atomic E-state index is 0.0436. The number of rotatable bonds is 18. The predicted octanol–water partition coefficient (Wildman–Crippen LogP) is 8.06. The van der Waals surface area contributed by atoms with Gasteiger partial charge >= 0.3 is 0 Å². The Morgan fingerprint density at radius 2 is 1.49 bits per heavy atom. The molecule has 2 unspecified atom stereocenters. The summed E-state index contributed by atoms with van der Waals surface area (Å²) in [5.41, 5.74) is 6.80. The van der Waals surface area contributed by atoms with E-state index in [4.69, 9.17) is 33.4 Å². The van der Waals surface area contributed by atoms with Crippen LogP contribution in [0.2, 0.25) is 18.1 Å². The topological polar surface area (TPSA) is 192 Å². The molecule has 0 aliphatic carbocycles. The van der Waals surface area contributed by atoms with Crippen LogP contribution in [0.15, 0.2) is 90.0 Å². The van der Waals surface area contributed by atoms with E-state index in [1.165, 1.54) is 6.33 Å². The fraction of sp³-hybridized carbons (Fsp3) is 0.478. The van der Waals surface area contributed by atoms with Gasteiger partial charge in [-0.2, -0.15) is 10.2 Å². The zero-order valence-corrected chi connectivity index (χ0v) is 40.0. The van der Waals surface area contributed by atoms with Gasteiger partial charge in [0.15, 0.2) is 25.7 Å². The summed E-state index contributed by atoms with van der Waals surface area (Å²) < 4.78 is 43.8. The molecule has 63 heavy (non-hydrogen) atoms. The van der Waals surface area contributed by atoms with E-state index < -0.39 is 58.5 Å². The highest BCUT2D eigenvalue weighted by Gasteiger charge is 2.60. The smallest absolute Gasteiger partial charge is 0.280 e. The molecule has 5 aromatic rings. The second-order valence-corrected chi connectivity index (χ2v) is 24.0. The molecule has 0 bridgehead atoms. The first kappa shape index (κ1) is 47.8. The SMILES string of the molecule is COc1ccc(C(c2ccccc2)(c2ccc(OC)cc2)C(O)[C@H]2O[C@@H](n3cnc4c(=O)[nH]c(N)nc43)[C@H](O[Si](C)(C)C(C)(C)C)[C@@H]2OP(OCCC#N)N(C(C)C)C(C)C)cc1. The number of benzene rings is 3. The van der Waals surface area contributed by atoms with E-state index in [9.17, 15) is 15.2 Å². The molecule has 338 valence electrons. The van der Waals surface area contributed by atoms with Crippen LogP contribution < -0.4 is 20.8 Å². The number of nitrogens with two attached hydrogens (primary N) is 1. The number of methoxy groups -OCH3 is 2. The van der Waals surface area contributed by atoms with Gasteiger partial charge in [0.05, 0.1) is 45.1 Å². The van der Waals surface area contributed by atoms with E-state index in [1.54, 1.807) is 18.8 Å². The minimum Gasteiger partial charge on any atom is -0.497 e. The van der Waals surface area contributed by atoms with Crippen molar-refractivity contribution in [3.8, 4) is 17.6 Å². The van der Waals surface area contributed by atoms with Gasteiger partial charge in [-0.05, 0) is 86.8 Å². The summed E-state index contributed by atoms with van der Waals surface area (Å²) in [5, 5.41) is 23.2. The molecule has 0 spiro atoms. The number of nitrogen functional groups attached to an aromatic ring is 1. The van der Waals surface area contributed by atoms with E-state index in [2.05, 4.69) is 87.3 Å². The van der Waals surface area contributed by atoms with Crippen molar-refractivity contribution >= 4 is 34.0 Å². The Bertz CT molecular complexity index is 2330. The number of aromatic nitrogens is 4. The number of nitriles is 1. The molecule has 1 aliphatic heterocycles. The number of nitrogens with zero attached hydrogens (tertiary/aromatic N) is 5. The second kappa shape index (κ2) is 19.6. The van der Waals surface area contributed by atoms with Crippen LogP contribution in [0.25, 0.3) is 11.2 Å². The number of aliphatic hydroxyl groups is 1. The average Bonchev–Trinajstić information content (AvgIpc) is 3.82. The first-order valence-corrected chi connectivity index (χ1v) is 25.3. The highest BCUT2D eigenvalue weighted by Crippen LogP contribution is 2.55. The molecule has 1 aliphatic rings. The van der Waals surface area contributed by atoms with Gasteiger partial charge in [-0.3, -0.25) is 14.3 Å². The number of ether oxygens (including phenoxy) is 3. The number of aliphatic hydroxyl groups excluding tert-OH is 1. The van der Waals surface area contributed by atoms with E-state index >= 15 is 0 Å². The maximum atomic E-state index is 13.9. The lowest BCUT2D eigenvalue weighted by Crippen LogP contribution is -2.55. The lowest BCUT2D eigenvalue weighted by atomic mass is 9.64. The predicted molar refractivity (Wildman–Crippen MR) is 247 cm³/mol. The Kier molecular flexibility index (Phi) is 14.9. The standard InChI is InChI=1S/C46H62N7O8PSi/c1-29(2)53(30(3)4)62(58-27-15-26-47)60-37-38(59-43(39(37)61-63(10,11)45(5,6)7)52-28-49-36-41(52)50-44(48)51-42(36)55)40(54)46(31-16-13-12-14-17-31,32-18-22-34(56-8)23-19-32)33-20-24-35(57-9)25-21-33/h12-14,16-25,28-30,37-40,43,54H,15,27H2,1-11H3,(H3,48,50,51,55)/t37-,38+,39-,40?,43-,62?/m1/s1. The Morgan fingerprint density at radius 1 is 0.937 bits per heavy atom. The van der Waals surface area contributed by atoms with Gasteiger partial charge in [0.2, 0.25) is 5.95 Å². The van der Waals surface area contributed by atoms with Gasteiger partial charge in [0, 0.05) is 12.1 Å². The Balaban J connectivity index is 1.68. The van der Waals surface area contributed by atoms with Crippen molar-refractivity contribution in [1.82, 2.24) is 24.2 Å². The molecule has 3 heterocycles. The van der Waals surface area contributed by atoms with Gasteiger partial charge in [-0.1, -0.05) is 75.4 Å². The van der Waals surface area contributed by atoms with Crippen LogP contribution in [-0.2, 0) is 23.6 Å². The lowest BCUT2D eigenvalue weighted by molar-refractivity contribution is -0.0952. The van der Waals surface area contributed by atoms with Crippen LogP contribution in [0.1, 0.15) is 77.8 Å². The third kappa shape index (κ3) is 9.57. The number of imidazole rings is 1. The number of H-pyrrole nitrogens is 1. The van der Waals surface area contributed by atoms with Crippen LogP contribution >= 0.6 is 8.53 Å². The third-order valence-electron chi connectivity index (χ3n) is 12.1. The molecule has 2 aromatic heterocycles. The first-order chi connectivity index (χ1) is 29.9. The molecular formula is C46H62N7O8PSi. The summed E-state index contributed by atoms with van der Waals surface area (Å²) in [4.78, 5) is 24.8. The van der Waals surface area contributed by atoms with Crippen molar-refractivity contribution in [1.29, 1.82) is 5.26 Å². The Labute approximate surface area is 372 Å². The summed E-state index contributed by atoms with van der Waals surface area (Å²) in [5.74, 6) is 1.18. The van der Waals surface area contributed by atoms with Gasteiger partial charge in [-0.15, -0.1) is 0 Å². The summed E-state index contributed by atoms with van der Waals surface area (Å²) in [6.07, 6.45) is -3.98. The number of aromatic amines is 1. The van der Waals surface area contributed by atoms with Crippen molar-refractivity contribution in [3.05, 3.63) is 112 Å². The first-order valence-electron chi connectivity index (χ1n) is 21.2.